The van der Waals surface area contributed by atoms with Crippen LogP contribution in [0, 0.1) is 10.1 Å². The second kappa shape index (κ2) is 5.40. The summed E-state index contributed by atoms with van der Waals surface area (Å²) in [6.45, 7) is 0. The topological polar surface area (TPSA) is 89.7 Å². The fourth-order valence-corrected chi connectivity index (χ4v) is 1.90. The van der Waals surface area contributed by atoms with Gasteiger partial charge in [0.1, 0.15) is 0 Å². The summed E-state index contributed by atoms with van der Waals surface area (Å²) in [5, 5.41) is 19.8. The average molecular weight is 273 g/mol. The van der Waals surface area contributed by atoms with E-state index in [1.807, 2.05) is 0 Å². The minimum absolute atomic E-state index is 0.132. The number of hydrogen-bond donors (Lipinski definition) is 1. The van der Waals surface area contributed by atoms with Crippen LogP contribution in [0.3, 0.4) is 0 Å². The minimum Gasteiger partial charge on any atom is -0.490 e. The molecular formula is C14H11NO5. The molecule has 0 saturated carbocycles. The predicted octanol–water partition coefficient (Wildman–Crippen LogP) is 2.97. The van der Waals surface area contributed by atoms with E-state index >= 15 is 0 Å². The van der Waals surface area contributed by atoms with Crippen LogP contribution in [0.5, 0.6) is 5.75 Å². The van der Waals surface area contributed by atoms with Crippen LogP contribution < -0.4 is 4.74 Å². The number of hydrogen-bond acceptors (Lipinski definition) is 4. The van der Waals surface area contributed by atoms with Crippen LogP contribution in [0.1, 0.15) is 10.4 Å². The van der Waals surface area contributed by atoms with E-state index in [0.29, 0.717) is 11.1 Å². The average Bonchev–Trinajstić information content (AvgIpc) is 2.46. The standard InChI is InChI=1S/C14H11NO5/c1-20-13-11(3-2-4-12(13)15(18)19)9-5-7-10(8-6-9)14(16)17/h2-8H,1H3,(H,16,17). The number of nitro benzene ring substituents is 1. The van der Waals surface area contributed by atoms with Crippen molar-refractivity contribution in [2.24, 2.45) is 0 Å². The Labute approximate surface area is 114 Å². The van der Waals surface area contributed by atoms with Gasteiger partial charge < -0.3 is 9.84 Å². The van der Waals surface area contributed by atoms with E-state index in [0.717, 1.165) is 0 Å². The number of carboxylic acids is 1. The lowest BCUT2D eigenvalue weighted by atomic mass is 10.0. The van der Waals surface area contributed by atoms with Crippen molar-refractivity contribution in [3.8, 4) is 16.9 Å². The van der Waals surface area contributed by atoms with Crippen molar-refractivity contribution in [1.82, 2.24) is 0 Å². The molecule has 0 heterocycles. The summed E-state index contributed by atoms with van der Waals surface area (Å²) in [6, 6.07) is 10.7. The van der Waals surface area contributed by atoms with Crippen molar-refractivity contribution >= 4 is 11.7 Å². The molecule has 0 fully saturated rings. The van der Waals surface area contributed by atoms with Gasteiger partial charge in [-0.25, -0.2) is 4.79 Å². The minimum atomic E-state index is -1.03. The third-order valence-corrected chi connectivity index (χ3v) is 2.84. The largest absolute Gasteiger partial charge is 0.490 e. The van der Waals surface area contributed by atoms with Crippen LogP contribution in [0.2, 0.25) is 0 Å². The Kier molecular flexibility index (Phi) is 3.65. The number of carbonyl (C=O) groups is 1. The SMILES string of the molecule is COc1c(-c2ccc(C(=O)O)cc2)cccc1[N+](=O)[O-]. The maximum atomic E-state index is 11.0. The van der Waals surface area contributed by atoms with Crippen molar-refractivity contribution < 1.29 is 19.6 Å². The van der Waals surface area contributed by atoms with Gasteiger partial charge in [0, 0.05) is 11.6 Å². The molecule has 6 nitrogen and oxygen atoms in total. The highest BCUT2D eigenvalue weighted by atomic mass is 16.6. The van der Waals surface area contributed by atoms with E-state index in [1.165, 1.54) is 25.3 Å². The molecule has 0 aromatic heterocycles. The summed E-state index contributed by atoms with van der Waals surface area (Å²) in [5.74, 6) is -0.872. The zero-order chi connectivity index (χ0) is 14.7. The highest BCUT2D eigenvalue weighted by Gasteiger charge is 2.19. The van der Waals surface area contributed by atoms with Crippen molar-refractivity contribution in [3.63, 3.8) is 0 Å². The number of methoxy groups -OCH3 is 1. The number of rotatable bonds is 4. The van der Waals surface area contributed by atoms with Crippen LogP contribution in [-0.4, -0.2) is 23.1 Å². The summed E-state index contributed by atoms with van der Waals surface area (Å²) < 4.78 is 5.11. The summed E-state index contributed by atoms with van der Waals surface area (Å²) in [5.41, 5.74) is 1.21. The van der Waals surface area contributed by atoms with E-state index in [1.54, 1.807) is 24.3 Å². The molecule has 0 amide bonds. The summed E-state index contributed by atoms with van der Waals surface area (Å²) in [6.07, 6.45) is 0. The summed E-state index contributed by atoms with van der Waals surface area (Å²) in [7, 11) is 1.36. The van der Waals surface area contributed by atoms with Crippen molar-refractivity contribution in [2.45, 2.75) is 0 Å². The maximum Gasteiger partial charge on any atom is 0.335 e. The van der Waals surface area contributed by atoms with Gasteiger partial charge in [-0.1, -0.05) is 24.3 Å². The van der Waals surface area contributed by atoms with Gasteiger partial charge in [-0.2, -0.15) is 0 Å². The highest BCUT2D eigenvalue weighted by molar-refractivity contribution is 5.88. The molecule has 2 rings (SSSR count). The summed E-state index contributed by atoms with van der Waals surface area (Å²) >= 11 is 0. The number of nitro groups is 1. The van der Waals surface area contributed by atoms with Gasteiger partial charge in [0.05, 0.1) is 17.6 Å². The Morgan fingerprint density at radius 1 is 1.20 bits per heavy atom. The first-order valence-electron chi connectivity index (χ1n) is 5.69. The molecule has 0 saturated heterocycles. The molecule has 0 aliphatic carbocycles. The smallest absolute Gasteiger partial charge is 0.335 e. The molecule has 2 aromatic rings. The molecular weight excluding hydrogens is 262 g/mol. The lowest BCUT2D eigenvalue weighted by Crippen LogP contribution is -1.97. The predicted molar refractivity (Wildman–Crippen MR) is 72.0 cm³/mol. The van der Waals surface area contributed by atoms with E-state index < -0.39 is 10.9 Å². The fourth-order valence-electron chi connectivity index (χ4n) is 1.90. The monoisotopic (exact) mass is 273 g/mol. The molecule has 20 heavy (non-hydrogen) atoms. The van der Waals surface area contributed by atoms with Gasteiger partial charge in [-0.05, 0) is 17.7 Å². The second-order valence-electron chi connectivity index (χ2n) is 4.00. The number of para-hydroxylation sites is 1. The third kappa shape index (κ3) is 2.44. The number of ether oxygens (including phenoxy) is 1. The molecule has 0 spiro atoms. The number of nitrogens with zero attached hydrogens (tertiary/aromatic N) is 1. The van der Waals surface area contributed by atoms with E-state index in [9.17, 15) is 14.9 Å². The van der Waals surface area contributed by atoms with E-state index in [-0.39, 0.29) is 17.0 Å². The zero-order valence-corrected chi connectivity index (χ0v) is 10.6. The molecule has 0 bridgehead atoms. The Bertz CT molecular complexity index is 664. The van der Waals surface area contributed by atoms with Gasteiger partial charge in [-0.3, -0.25) is 10.1 Å². The molecule has 102 valence electrons. The van der Waals surface area contributed by atoms with Crippen molar-refractivity contribution in [2.75, 3.05) is 7.11 Å². The van der Waals surface area contributed by atoms with Gasteiger partial charge >= 0.3 is 11.7 Å². The molecule has 0 aliphatic rings. The Morgan fingerprint density at radius 2 is 1.85 bits per heavy atom. The Morgan fingerprint density at radius 3 is 2.35 bits per heavy atom. The first-order chi connectivity index (χ1) is 9.54. The maximum absolute atomic E-state index is 11.0. The first-order valence-corrected chi connectivity index (χ1v) is 5.69. The highest BCUT2D eigenvalue weighted by Crippen LogP contribution is 2.37. The molecule has 0 radical (unpaired) electrons. The van der Waals surface area contributed by atoms with Crippen LogP contribution in [0.15, 0.2) is 42.5 Å². The van der Waals surface area contributed by atoms with Gasteiger partial charge in [0.2, 0.25) is 5.75 Å². The van der Waals surface area contributed by atoms with Crippen LogP contribution in [-0.2, 0) is 0 Å². The van der Waals surface area contributed by atoms with E-state index in [2.05, 4.69) is 0 Å². The number of benzene rings is 2. The van der Waals surface area contributed by atoms with Crippen LogP contribution in [0.25, 0.3) is 11.1 Å². The molecule has 6 heteroatoms. The third-order valence-electron chi connectivity index (χ3n) is 2.84. The van der Waals surface area contributed by atoms with E-state index in [4.69, 9.17) is 9.84 Å². The van der Waals surface area contributed by atoms with Gasteiger partial charge in [0.15, 0.2) is 0 Å². The molecule has 1 N–H and O–H groups in total. The normalized spacial score (nSPS) is 10.1. The molecule has 0 unspecified atom stereocenters. The van der Waals surface area contributed by atoms with Crippen LogP contribution >= 0.6 is 0 Å². The first kappa shape index (κ1) is 13.5. The van der Waals surface area contributed by atoms with Gasteiger partial charge in [0.25, 0.3) is 0 Å². The summed E-state index contributed by atoms with van der Waals surface area (Å²) in [4.78, 5) is 21.2. The zero-order valence-electron chi connectivity index (χ0n) is 10.6. The Hall–Kier alpha value is -2.89. The van der Waals surface area contributed by atoms with Crippen LogP contribution in [0.4, 0.5) is 5.69 Å². The quantitative estimate of drug-likeness (QED) is 0.683. The molecule has 0 aliphatic heterocycles. The number of carboxylic acid groups (broad SMARTS) is 1. The lowest BCUT2D eigenvalue weighted by molar-refractivity contribution is -0.385. The van der Waals surface area contributed by atoms with Gasteiger partial charge in [-0.15, -0.1) is 0 Å². The second-order valence-corrected chi connectivity index (χ2v) is 4.00. The lowest BCUT2D eigenvalue weighted by Gasteiger charge is -2.09. The number of aromatic carboxylic acids is 1. The Balaban J connectivity index is 2.54. The van der Waals surface area contributed by atoms with Crippen molar-refractivity contribution in [3.05, 3.63) is 58.1 Å². The fraction of sp³-hybridized carbons (Fsp3) is 0.0714. The molecule has 0 atom stereocenters. The van der Waals surface area contributed by atoms with Crippen molar-refractivity contribution in [1.29, 1.82) is 0 Å². The molecule has 2 aromatic carbocycles.